The summed E-state index contributed by atoms with van der Waals surface area (Å²) in [5.74, 6) is -1.27. The third kappa shape index (κ3) is 4.31. The normalized spacial score (nSPS) is 19.7. The maximum atomic E-state index is 13.9. The zero-order valence-electron chi connectivity index (χ0n) is 15.7. The average Bonchev–Trinajstić information content (AvgIpc) is 3.14. The summed E-state index contributed by atoms with van der Waals surface area (Å²) in [6, 6.07) is 8.79. The van der Waals surface area contributed by atoms with Crippen molar-refractivity contribution >= 4 is 27.6 Å². The SMILES string of the molecule is COC(=O)C1CC(Oc2ccccc2F)CN1S(=O)(=O)c1cc(Cl)ccc1OC. The summed E-state index contributed by atoms with van der Waals surface area (Å²) in [5.41, 5.74) is 0. The third-order valence-corrected chi connectivity index (χ3v) is 6.66. The van der Waals surface area contributed by atoms with Gasteiger partial charge in [-0.15, -0.1) is 0 Å². The number of methoxy groups -OCH3 is 2. The Balaban J connectivity index is 1.96. The number of esters is 1. The Morgan fingerprint density at radius 1 is 1.17 bits per heavy atom. The summed E-state index contributed by atoms with van der Waals surface area (Å²) in [6.07, 6.45) is -0.751. The highest BCUT2D eigenvalue weighted by Crippen LogP contribution is 2.35. The number of sulfonamides is 1. The van der Waals surface area contributed by atoms with Crippen LogP contribution in [-0.4, -0.2) is 51.6 Å². The van der Waals surface area contributed by atoms with Crippen LogP contribution in [0.2, 0.25) is 5.02 Å². The molecular weight excluding hydrogens is 425 g/mol. The van der Waals surface area contributed by atoms with Crippen LogP contribution in [0.5, 0.6) is 11.5 Å². The molecule has 0 amide bonds. The van der Waals surface area contributed by atoms with E-state index in [0.29, 0.717) is 0 Å². The zero-order valence-corrected chi connectivity index (χ0v) is 17.2. The number of ether oxygens (including phenoxy) is 3. The summed E-state index contributed by atoms with van der Waals surface area (Å²) >= 11 is 5.97. The van der Waals surface area contributed by atoms with Gasteiger partial charge in [-0.1, -0.05) is 23.7 Å². The quantitative estimate of drug-likeness (QED) is 0.638. The Hall–Kier alpha value is -2.36. The highest BCUT2D eigenvalue weighted by Gasteiger charge is 2.46. The van der Waals surface area contributed by atoms with Gasteiger partial charge in [-0.2, -0.15) is 4.31 Å². The molecule has 0 aromatic heterocycles. The lowest BCUT2D eigenvalue weighted by Gasteiger charge is -2.23. The van der Waals surface area contributed by atoms with Gasteiger partial charge in [-0.25, -0.2) is 12.8 Å². The van der Waals surface area contributed by atoms with E-state index in [1.54, 1.807) is 6.07 Å². The lowest BCUT2D eigenvalue weighted by Crippen LogP contribution is -2.41. The van der Waals surface area contributed by atoms with Gasteiger partial charge in [0, 0.05) is 11.4 Å². The second-order valence-electron chi connectivity index (χ2n) is 6.31. The molecule has 29 heavy (non-hydrogen) atoms. The van der Waals surface area contributed by atoms with Gasteiger partial charge in [0.2, 0.25) is 10.0 Å². The Kier molecular flexibility index (Phi) is 6.30. The van der Waals surface area contributed by atoms with Gasteiger partial charge in [0.15, 0.2) is 11.6 Å². The molecule has 1 aliphatic heterocycles. The van der Waals surface area contributed by atoms with Crippen LogP contribution < -0.4 is 9.47 Å². The lowest BCUT2D eigenvalue weighted by molar-refractivity contribution is -0.144. The number of halogens is 2. The van der Waals surface area contributed by atoms with Crippen molar-refractivity contribution in [3.63, 3.8) is 0 Å². The van der Waals surface area contributed by atoms with Crippen molar-refractivity contribution in [3.05, 3.63) is 53.3 Å². The van der Waals surface area contributed by atoms with E-state index < -0.39 is 34.0 Å². The minimum Gasteiger partial charge on any atom is -0.495 e. The maximum Gasteiger partial charge on any atom is 0.324 e. The van der Waals surface area contributed by atoms with Crippen LogP contribution in [0.3, 0.4) is 0 Å². The van der Waals surface area contributed by atoms with Crippen molar-refractivity contribution in [2.24, 2.45) is 0 Å². The number of carbonyl (C=O) groups is 1. The number of para-hydroxylation sites is 1. The number of hydrogen-bond acceptors (Lipinski definition) is 6. The zero-order chi connectivity index (χ0) is 21.2. The Morgan fingerprint density at radius 3 is 2.55 bits per heavy atom. The van der Waals surface area contributed by atoms with Gasteiger partial charge in [0.1, 0.15) is 22.8 Å². The smallest absolute Gasteiger partial charge is 0.324 e. The molecule has 3 rings (SSSR count). The largest absolute Gasteiger partial charge is 0.495 e. The number of carbonyl (C=O) groups excluding carboxylic acids is 1. The van der Waals surface area contributed by atoms with E-state index in [0.717, 1.165) is 11.4 Å². The predicted molar refractivity (Wildman–Crippen MR) is 103 cm³/mol. The molecule has 2 aromatic rings. The molecular formula is C19H19ClFNO6S. The van der Waals surface area contributed by atoms with E-state index in [1.165, 1.54) is 43.5 Å². The average molecular weight is 444 g/mol. The first kappa shape index (κ1) is 21.4. The highest BCUT2D eigenvalue weighted by molar-refractivity contribution is 7.89. The minimum absolute atomic E-state index is 0.00309. The summed E-state index contributed by atoms with van der Waals surface area (Å²) < 4.78 is 57.1. The number of benzene rings is 2. The molecule has 7 nitrogen and oxygen atoms in total. The second kappa shape index (κ2) is 8.56. The van der Waals surface area contributed by atoms with Crippen LogP contribution >= 0.6 is 11.6 Å². The Bertz CT molecular complexity index is 1020. The number of hydrogen-bond donors (Lipinski definition) is 0. The standard InChI is InChI=1S/C19H19ClFNO6S/c1-26-17-8-7-12(20)9-18(17)29(24,25)22-11-13(10-15(22)19(23)27-2)28-16-6-4-3-5-14(16)21/h3-9,13,15H,10-11H2,1-2H3. The van der Waals surface area contributed by atoms with Crippen molar-refractivity contribution in [2.45, 2.75) is 23.5 Å². The van der Waals surface area contributed by atoms with Gasteiger partial charge in [-0.3, -0.25) is 4.79 Å². The molecule has 0 N–H and O–H groups in total. The van der Waals surface area contributed by atoms with E-state index in [9.17, 15) is 17.6 Å². The Labute approximate surface area is 173 Å². The van der Waals surface area contributed by atoms with E-state index in [4.69, 9.17) is 25.8 Å². The van der Waals surface area contributed by atoms with Gasteiger partial charge >= 0.3 is 5.97 Å². The molecule has 1 fully saturated rings. The summed E-state index contributed by atoms with van der Waals surface area (Å²) in [4.78, 5) is 12.1. The van der Waals surface area contributed by atoms with Crippen LogP contribution in [-0.2, 0) is 19.6 Å². The van der Waals surface area contributed by atoms with Gasteiger partial charge in [-0.05, 0) is 30.3 Å². The maximum absolute atomic E-state index is 13.9. The van der Waals surface area contributed by atoms with Crippen molar-refractivity contribution in [1.29, 1.82) is 0 Å². The summed E-state index contributed by atoms with van der Waals surface area (Å²) in [5, 5.41) is 0.192. The topological polar surface area (TPSA) is 82.1 Å². The van der Waals surface area contributed by atoms with Gasteiger partial charge < -0.3 is 14.2 Å². The molecule has 1 aliphatic rings. The fraction of sp³-hybridized carbons (Fsp3) is 0.316. The molecule has 0 bridgehead atoms. The lowest BCUT2D eigenvalue weighted by atomic mass is 10.2. The molecule has 0 saturated carbocycles. The molecule has 2 atom stereocenters. The van der Waals surface area contributed by atoms with Crippen molar-refractivity contribution in [2.75, 3.05) is 20.8 Å². The fourth-order valence-corrected chi connectivity index (χ4v) is 5.21. The van der Waals surface area contributed by atoms with Crippen molar-refractivity contribution in [1.82, 2.24) is 4.31 Å². The van der Waals surface area contributed by atoms with Crippen molar-refractivity contribution in [3.8, 4) is 11.5 Å². The van der Waals surface area contributed by atoms with Crippen LogP contribution in [0.1, 0.15) is 6.42 Å². The third-order valence-electron chi connectivity index (χ3n) is 4.53. The Morgan fingerprint density at radius 2 is 1.90 bits per heavy atom. The van der Waals surface area contributed by atoms with Crippen molar-refractivity contribution < 1.29 is 31.8 Å². The molecule has 1 heterocycles. The number of nitrogens with zero attached hydrogens (tertiary/aromatic N) is 1. The van der Waals surface area contributed by atoms with Crippen LogP contribution in [0.4, 0.5) is 4.39 Å². The molecule has 0 radical (unpaired) electrons. The van der Waals surface area contributed by atoms with E-state index in [-0.39, 0.29) is 34.4 Å². The van der Waals surface area contributed by atoms with Gasteiger partial charge in [0.05, 0.1) is 20.8 Å². The fourth-order valence-electron chi connectivity index (χ4n) is 3.17. The molecule has 0 aliphatic carbocycles. The first-order valence-electron chi connectivity index (χ1n) is 8.62. The first-order valence-corrected chi connectivity index (χ1v) is 10.4. The second-order valence-corrected chi connectivity index (χ2v) is 8.61. The van der Waals surface area contributed by atoms with Crippen LogP contribution in [0, 0.1) is 5.82 Å². The molecule has 10 heteroatoms. The molecule has 2 unspecified atom stereocenters. The molecule has 156 valence electrons. The van der Waals surface area contributed by atoms with E-state index in [2.05, 4.69) is 0 Å². The minimum atomic E-state index is -4.19. The first-order chi connectivity index (χ1) is 13.8. The summed E-state index contributed by atoms with van der Waals surface area (Å²) in [7, 11) is -1.70. The van der Waals surface area contributed by atoms with Crippen LogP contribution in [0.25, 0.3) is 0 Å². The van der Waals surface area contributed by atoms with E-state index in [1.807, 2.05) is 0 Å². The summed E-state index contributed by atoms with van der Waals surface area (Å²) in [6.45, 7) is -0.175. The highest BCUT2D eigenvalue weighted by atomic mass is 35.5. The predicted octanol–water partition coefficient (Wildman–Crippen LogP) is 2.87. The molecule has 1 saturated heterocycles. The molecule has 2 aromatic carbocycles. The van der Waals surface area contributed by atoms with Crippen LogP contribution in [0.15, 0.2) is 47.4 Å². The van der Waals surface area contributed by atoms with Gasteiger partial charge in [0.25, 0.3) is 0 Å². The molecule has 0 spiro atoms. The monoisotopic (exact) mass is 443 g/mol. The van der Waals surface area contributed by atoms with E-state index >= 15 is 0 Å². The number of rotatable bonds is 6.